The highest BCUT2D eigenvalue weighted by atomic mass is 19.1. The van der Waals surface area contributed by atoms with E-state index in [1.165, 1.54) is 12.8 Å². The zero-order valence-electron chi connectivity index (χ0n) is 9.58. The maximum atomic E-state index is 13.9. The summed E-state index contributed by atoms with van der Waals surface area (Å²) in [6, 6.07) is 5.59. The summed E-state index contributed by atoms with van der Waals surface area (Å²) < 4.78 is 13.9. The van der Waals surface area contributed by atoms with Gasteiger partial charge in [0.2, 0.25) is 0 Å². The van der Waals surface area contributed by atoms with Crippen molar-refractivity contribution in [2.75, 3.05) is 24.5 Å². The summed E-state index contributed by atoms with van der Waals surface area (Å²) >= 11 is 0. The van der Waals surface area contributed by atoms with Crippen LogP contribution in [-0.4, -0.2) is 19.6 Å². The first kappa shape index (κ1) is 11.4. The van der Waals surface area contributed by atoms with Crippen molar-refractivity contribution in [3.63, 3.8) is 0 Å². The van der Waals surface area contributed by atoms with Crippen molar-refractivity contribution in [2.24, 2.45) is 5.73 Å². The molecule has 1 aromatic rings. The lowest BCUT2D eigenvalue weighted by molar-refractivity contribution is 0.620. The summed E-state index contributed by atoms with van der Waals surface area (Å²) in [6.45, 7) is 2.63. The molecule has 0 bridgehead atoms. The molecule has 1 aliphatic rings. The van der Waals surface area contributed by atoms with Crippen LogP contribution in [0.2, 0.25) is 0 Å². The van der Waals surface area contributed by atoms with Gasteiger partial charge in [0, 0.05) is 13.1 Å². The molecule has 16 heavy (non-hydrogen) atoms. The van der Waals surface area contributed by atoms with E-state index in [1.54, 1.807) is 6.07 Å². The molecule has 1 aliphatic heterocycles. The van der Waals surface area contributed by atoms with Crippen molar-refractivity contribution in [3.8, 4) is 0 Å². The van der Waals surface area contributed by atoms with E-state index in [4.69, 9.17) is 5.73 Å². The predicted octanol–water partition coefficient (Wildman–Crippen LogP) is 2.32. The van der Waals surface area contributed by atoms with Crippen molar-refractivity contribution in [2.45, 2.75) is 25.7 Å². The third-order valence-corrected chi connectivity index (χ3v) is 3.13. The minimum Gasteiger partial charge on any atom is -0.369 e. The first-order chi connectivity index (χ1) is 7.81. The van der Waals surface area contributed by atoms with Gasteiger partial charge in [0.15, 0.2) is 0 Å². The summed E-state index contributed by atoms with van der Waals surface area (Å²) in [5, 5.41) is 0. The molecule has 2 nitrogen and oxygen atoms in total. The van der Waals surface area contributed by atoms with Gasteiger partial charge < -0.3 is 10.6 Å². The Hall–Kier alpha value is -1.09. The highest BCUT2D eigenvalue weighted by Crippen LogP contribution is 2.24. The van der Waals surface area contributed by atoms with E-state index in [1.807, 2.05) is 12.1 Å². The summed E-state index contributed by atoms with van der Waals surface area (Å²) in [5.74, 6) is -0.0866. The second-order valence-corrected chi connectivity index (χ2v) is 4.37. The molecule has 0 aromatic heterocycles. The van der Waals surface area contributed by atoms with E-state index in [0.29, 0.717) is 6.54 Å². The average Bonchev–Trinajstić information content (AvgIpc) is 2.80. The van der Waals surface area contributed by atoms with Gasteiger partial charge in [-0.05, 0) is 49.9 Å². The second-order valence-electron chi connectivity index (χ2n) is 4.37. The van der Waals surface area contributed by atoms with Gasteiger partial charge in [0.1, 0.15) is 5.82 Å². The summed E-state index contributed by atoms with van der Waals surface area (Å²) in [4.78, 5) is 2.13. The Labute approximate surface area is 96.2 Å². The van der Waals surface area contributed by atoms with Crippen LogP contribution in [0.25, 0.3) is 0 Å². The Morgan fingerprint density at radius 1 is 1.25 bits per heavy atom. The monoisotopic (exact) mass is 222 g/mol. The number of benzene rings is 1. The Morgan fingerprint density at radius 2 is 2.00 bits per heavy atom. The lowest BCUT2D eigenvalue weighted by atomic mass is 10.1. The third-order valence-electron chi connectivity index (χ3n) is 3.13. The molecule has 1 fully saturated rings. The van der Waals surface area contributed by atoms with Crippen LogP contribution in [0, 0.1) is 5.82 Å². The van der Waals surface area contributed by atoms with E-state index >= 15 is 0 Å². The fraction of sp³-hybridized carbons (Fsp3) is 0.538. The number of nitrogens with two attached hydrogens (primary N) is 1. The van der Waals surface area contributed by atoms with Crippen molar-refractivity contribution < 1.29 is 4.39 Å². The molecule has 88 valence electrons. The van der Waals surface area contributed by atoms with Crippen molar-refractivity contribution in [1.29, 1.82) is 0 Å². The number of rotatable bonds is 4. The Balaban J connectivity index is 2.09. The number of hydrogen-bond donors (Lipinski definition) is 1. The molecule has 0 atom stereocenters. The number of anilines is 1. The third kappa shape index (κ3) is 2.53. The normalized spacial score (nSPS) is 15.8. The minimum atomic E-state index is -0.0866. The molecular weight excluding hydrogens is 203 g/mol. The van der Waals surface area contributed by atoms with Crippen LogP contribution in [0.5, 0.6) is 0 Å². The highest BCUT2D eigenvalue weighted by molar-refractivity contribution is 5.49. The van der Waals surface area contributed by atoms with Crippen LogP contribution >= 0.6 is 0 Å². The molecular formula is C13H19FN2. The lowest BCUT2D eigenvalue weighted by Gasteiger charge is -2.18. The van der Waals surface area contributed by atoms with Crippen LogP contribution < -0.4 is 10.6 Å². The molecule has 0 amide bonds. The van der Waals surface area contributed by atoms with Gasteiger partial charge in [0.05, 0.1) is 5.69 Å². The number of halogens is 1. The molecule has 1 aromatic carbocycles. The molecule has 0 aliphatic carbocycles. The molecule has 0 saturated carbocycles. The molecule has 3 heteroatoms. The standard InChI is InChI=1S/C13H19FN2/c14-12-10-11(4-3-7-15)5-6-13(12)16-8-1-2-9-16/h5-6,10H,1-4,7-9,15H2. The SMILES string of the molecule is NCCCc1ccc(N2CCCC2)c(F)c1. The summed E-state index contributed by atoms with van der Waals surface area (Å²) in [5.41, 5.74) is 7.25. The largest absolute Gasteiger partial charge is 0.369 e. The maximum Gasteiger partial charge on any atom is 0.146 e. The zero-order valence-corrected chi connectivity index (χ0v) is 9.58. The van der Waals surface area contributed by atoms with Crippen molar-refractivity contribution in [3.05, 3.63) is 29.6 Å². The molecule has 0 spiro atoms. The van der Waals surface area contributed by atoms with Crippen LogP contribution in [0.3, 0.4) is 0 Å². The van der Waals surface area contributed by atoms with Crippen LogP contribution in [0.4, 0.5) is 10.1 Å². The van der Waals surface area contributed by atoms with Gasteiger partial charge in [-0.15, -0.1) is 0 Å². The average molecular weight is 222 g/mol. The van der Waals surface area contributed by atoms with Crippen LogP contribution in [-0.2, 0) is 6.42 Å². The minimum absolute atomic E-state index is 0.0866. The second kappa shape index (κ2) is 5.30. The van der Waals surface area contributed by atoms with Gasteiger partial charge in [-0.3, -0.25) is 0 Å². The Morgan fingerprint density at radius 3 is 2.62 bits per heavy atom. The van der Waals surface area contributed by atoms with Gasteiger partial charge in [-0.25, -0.2) is 4.39 Å². The van der Waals surface area contributed by atoms with Gasteiger partial charge in [0.25, 0.3) is 0 Å². The Bertz CT molecular complexity index is 346. The summed E-state index contributed by atoms with van der Waals surface area (Å²) in [6.07, 6.45) is 4.14. The smallest absolute Gasteiger partial charge is 0.146 e. The topological polar surface area (TPSA) is 29.3 Å². The van der Waals surface area contributed by atoms with Crippen molar-refractivity contribution >= 4 is 5.69 Å². The van der Waals surface area contributed by atoms with E-state index in [-0.39, 0.29) is 5.82 Å². The number of hydrogen-bond acceptors (Lipinski definition) is 2. The fourth-order valence-corrected chi connectivity index (χ4v) is 2.23. The zero-order chi connectivity index (χ0) is 11.4. The van der Waals surface area contributed by atoms with E-state index in [9.17, 15) is 4.39 Å². The van der Waals surface area contributed by atoms with Crippen LogP contribution in [0.15, 0.2) is 18.2 Å². The molecule has 2 N–H and O–H groups in total. The van der Waals surface area contributed by atoms with Gasteiger partial charge in [-0.1, -0.05) is 6.07 Å². The molecule has 2 rings (SSSR count). The highest BCUT2D eigenvalue weighted by Gasteiger charge is 2.15. The Kier molecular flexibility index (Phi) is 3.78. The van der Waals surface area contributed by atoms with Gasteiger partial charge in [-0.2, -0.15) is 0 Å². The fourth-order valence-electron chi connectivity index (χ4n) is 2.23. The van der Waals surface area contributed by atoms with Gasteiger partial charge >= 0.3 is 0 Å². The first-order valence-corrected chi connectivity index (χ1v) is 6.04. The number of aryl methyl sites for hydroxylation is 1. The van der Waals surface area contributed by atoms with E-state index < -0.39 is 0 Å². The van der Waals surface area contributed by atoms with Crippen molar-refractivity contribution in [1.82, 2.24) is 0 Å². The molecule has 0 unspecified atom stereocenters. The molecule has 1 saturated heterocycles. The molecule has 0 radical (unpaired) electrons. The van der Waals surface area contributed by atoms with E-state index in [0.717, 1.165) is 37.2 Å². The summed E-state index contributed by atoms with van der Waals surface area (Å²) in [7, 11) is 0. The predicted molar refractivity (Wildman–Crippen MR) is 65.2 cm³/mol. The van der Waals surface area contributed by atoms with Crippen LogP contribution in [0.1, 0.15) is 24.8 Å². The van der Waals surface area contributed by atoms with E-state index in [2.05, 4.69) is 4.90 Å². The first-order valence-electron chi connectivity index (χ1n) is 6.04. The lowest BCUT2D eigenvalue weighted by Crippen LogP contribution is -2.19. The number of nitrogens with zero attached hydrogens (tertiary/aromatic N) is 1. The maximum absolute atomic E-state index is 13.9. The molecule has 1 heterocycles. The quantitative estimate of drug-likeness (QED) is 0.847.